The molecule has 1 aromatic carbocycles. The van der Waals surface area contributed by atoms with Crippen LogP contribution in [0, 0.1) is 28.4 Å². The highest BCUT2D eigenvalue weighted by atomic mass is 16.6. The van der Waals surface area contributed by atoms with Gasteiger partial charge < -0.3 is 9.73 Å². The molecular weight excluding hydrogens is 246 g/mol. The molecule has 1 heterocycles. The second-order valence-corrected chi connectivity index (χ2v) is 3.98. The van der Waals surface area contributed by atoms with E-state index in [2.05, 4.69) is 5.32 Å². The molecule has 0 fully saturated rings. The first-order valence-corrected chi connectivity index (χ1v) is 5.57. The predicted octanol–water partition coefficient (Wildman–Crippen LogP) is 2.98. The van der Waals surface area contributed by atoms with Gasteiger partial charge >= 0.3 is 0 Å². The van der Waals surface area contributed by atoms with Gasteiger partial charge in [0.2, 0.25) is 0 Å². The molecule has 0 spiro atoms. The Morgan fingerprint density at radius 2 is 2.26 bits per heavy atom. The standard InChI is InChI=1S/C13H11N3O3/c1-9-4-5-19-13(9)8-15-11-3-2-10(7-14)6-12(11)16(17)18/h2-6,15H,8H2,1H3. The van der Waals surface area contributed by atoms with Crippen molar-refractivity contribution in [1.29, 1.82) is 5.26 Å². The minimum absolute atomic E-state index is 0.122. The lowest BCUT2D eigenvalue weighted by molar-refractivity contribution is -0.384. The summed E-state index contributed by atoms with van der Waals surface area (Å²) in [6, 6.07) is 8.00. The van der Waals surface area contributed by atoms with Crippen LogP contribution in [0.4, 0.5) is 11.4 Å². The van der Waals surface area contributed by atoms with Crippen LogP contribution in [0.25, 0.3) is 0 Å². The number of furan rings is 1. The second-order valence-electron chi connectivity index (χ2n) is 3.98. The van der Waals surface area contributed by atoms with Crippen LogP contribution in [-0.2, 0) is 6.54 Å². The highest BCUT2D eigenvalue weighted by molar-refractivity contribution is 5.64. The summed E-state index contributed by atoms with van der Waals surface area (Å²) in [5.74, 6) is 0.721. The number of nitriles is 1. The number of hydrogen-bond acceptors (Lipinski definition) is 5. The third-order valence-corrected chi connectivity index (χ3v) is 2.73. The van der Waals surface area contributed by atoms with Crippen molar-refractivity contribution in [3.63, 3.8) is 0 Å². The van der Waals surface area contributed by atoms with Gasteiger partial charge in [-0.2, -0.15) is 5.26 Å². The largest absolute Gasteiger partial charge is 0.467 e. The van der Waals surface area contributed by atoms with Crippen molar-refractivity contribution in [3.05, 3.63) is 57.5 Å². The Morgan fingerprint density at radius 3 is 2.84 bits per heavy atom. The summed E-state index contributed by atoms with van der Waals surface area (Å²) in [5.41, 5.74) is 1.47. The van der Waals surface area contributed by atoms with E-state index >= 15 is 0 Å². The topological polar surface area (TPSA) is 92.1 Å². The molecule has 0 saturated carbocycles. The molecule has 0 radical (unpaired) electrons. The van der Waals surface area contributed by atoms with Crippen molar-refractivity contribution in [3.8, 4) is 6.07 Å². The Balaban J connectivity index is 2.23. The van der Waals surface area contributed by atoms with E-state index in [0.29, 0.717) is 12.2 Å². The molecule has 2 aromatic rings. The molecule has 2 rings (SSSR count). The molecule has 0 aliphatic carbocycles. The SMILES string of the molecule is Cc1ccoc1CNc1ccc(C#N)cc1[N+](=O)[O-]. The zero-order valence-corrected chi connectivity index (χ0v) is 10.2. The van der Waals surface area contributed by atoms with Crippen LogP contribution in [0.2, 0.25) is 0 Å². The Kier molecular flexibility index (Phi) is 3.48. The van der Waals surface area contributed by atoms with E-state index in [0.717, 1.165) is 11.3 Å². The average Bonchev–Trinajstić information content (AvgIpc) is 2.81. The lowest BCUT2D eigenvalue weighted by Crippen LogP contribution is -2.03. The molecule has 0 atom stereocenters. The Hall–Kier alpha value is -2.81. The highest BCUT2D eigenvalue weighted by Gasteiger charge is 2.15. The monoisotopic (exact) mass is 257 g/mol. The first kappa shape index (κ1) is 12.6. The maximum Gasteiger partial charge on any atom is 0.293 e. The van der Waals surface area contributed by atoms with Gasteiger partial charge in [0.15, 0.2) is 0 Å². The number of hydrogen-bond donors (Lipinski definition) is 1. The number of aryl methyl sites for hydroxylation is 1. The van der Waals surface area contributed by atoms with E-state index < -0.39 is 4.92 Å². The van der Waals surface area contributed by atoms with Crippen LogP contribution in [0.1, 0.15) is 16.9 Å². The quantitative estimate of drug-likeness (QED) is 0.671. The first-order chi connectivity index (χ1) is 9.11. The molecule has 0 bridgehead atoms. The molecule has 19 heavy (non-hydrogen) atoms. The van der Waals surface area contributed by atoms with Crippen molar-refractivity contribution in [1.82, 2.24) is 0 Å². The molecule has 0 unspecified atom stereocenters. The van der Waals surface area contributed by atoms with Crippen molar-refractivity contribution >= 4 is 11.4 Å². The fourth-order valence-electron chi connectivity index (χ4n) is 1.66. The lowest BCUT2D eigenvalue weighted by Gasteiger charge is -2.06. The molecule has 0 aliphatic rings. The van der Waals surface area contributed by atoms with E-state index in [1.165, 1.54) is 18.2 Å². The number of nitrogens with one attached hydrogen (secondary N) is 1. The average molecular weight is 257 g/mol. The lowest BCUT2D eigenvalue weighted by atomic mass is 10.2. The van der Waals surface area contributed by atoms with Gasteiger partial charge in [-0.25, -0.2) is 0 Å². The van der Waals surface area contributed by atoms with Gasteiger partial charge in [0.05, 0.1) is 29.4 Å². The van der Waals surface area contributed by atoms with Crippen LogP contribution in [0.5, 0.6) is 0 Å². The fraction of sp³-hybridized carbons (Fsp3) is 0.154. The number of nitrogens with zero attached hydrogens (tertiary/aromatic N) is 2. The Bertz CT molecular complexity index is 655. The summed E-state index contributed by atoms with van der Waals surface area (Å²) >= 11 is 0. The smallest absolute Gasteiger partial charge is 0.293 e. The fourth-order valence-corrected chi connectivity index (χ4v) is 1.66. The number of rotatable bonds is 4. The van der Waals surface area contributed by atoms with Crippen molar-refractivity contribution in [2.75, 3.05) is 5.32 Å². The van der Waals surface area contributed by atoms with Gasteiger partial charge in [-0.3, -0.25) is 10.1 Å². The molecule has 96 valence electrons. The minimum Gasteiger partial charge on any atom is -0.467 e. The van der Waals surface area contributed by atoms with Gasteiger partial charge in [0.1, 0.15) is 11.4 Å². The zero-order valence-electron chi connectivity index (χ0n) is 10.2. The summed E-state index contributed by atoms with van der Waals surface area (Å²) in [4.78, 5) is 10.4. The molecule has 6 heteroatoms. The Morgan fingerprint density at radius 1 is 1.47 bits per heavy atom. The molecule has 1 aromatic heterocycles. The summed E-state index contributed by atoms with van der Waals surface area (Å²) < 4.78 is 5.25. The van der Waals surface area contributed by atoms with E-state index in [4.69, 9.17) is 9.68 Å². The molecule has 0 amide bonds. The molecule has 6 nitrogen and oxygen atoms in total. The van der Waals surface area contributed by atoms with Crippen molar-refractivity contribution in [2.45, 2.75) is 13.5 Å². The predicted molar refractivity (Wildman–Crippen MR) is 68.6 cm³/mol. The number of nitro groups is 1. The number of benzene rings is 1. The maximum atomic E-state index is 11.0. The minimum atomic E-state index is -0.516. The van der Waals surface area contributed by atoms with E-state index in [-0.39, 0.29) is 11.3 Å². The van der Waals surface area contributed by atoms with Gasteiger partial charge in [-0.1, -0.05) is 0 Å². The molecule has 0 saturated heterocycles. The third-order valence-electron chi connectivity index (χ3n) is 2.73. The van der Waals surface area contributed by atoms with Gasteiger partial charge in [0, 0.05) is 6.07 Å². The van der Waals surface area contributed by atoms with E-state index in [1.807, 2.05) is 19.1 Å². The van der Waals surface area contributed by atoms with Crippen LogP contribution in [0.3, 0.4) is 0 Å². The van der Waals surface area contributed by atoms with E-state index in [1.54, 1.807) is 6.26 Å². The summed E-state index contributed by atoms with van der Waals surface area (Å²) in [5, 5.41) is 22.6. The van der Waals surface area contributed by atoms with Gasteiger partial charge in [-0.15, -0.1) is 0 Å². The van der Waals surface area contributed by atoms with Crippen LogP contribution >= 0.6 is 0 Å². The summed E-state index contributed by atoms with van der Waals surface area (Å²) in [6.45, 7) is 2.25. The summed E-state index contributed by atoms with van der Waals surface area (Å²) in [6.07, 6.45) is 1.57. The van der Waals surface area contributed by atoms with Crippen molar-refractivity contribution < 1.29 is 9.34 Å². The number of anilines is 1. The number of nitro benzene ring substituents is 1. The molecule has 0 aliphatic heterocycles. The van der Waals surface area contributed by atoms with E-state index in [9.17, 15) is 10.1 Å². The molecular formula is C13H11N3O3. The normalized spacial score (nSPS) is 9.89. The second kappa shape index (κ2) is 5.23. The van der Waals surface area contributed by atoms with Crippen molar-refractivity contribution in [2.24, 2.45) is 0 Å². The maximum absolute atomic E-state index is 11.0. The highest BCUT2D eigenvalue weighted by Crippen LogP contribution is 2.26. The summed E-state index contributed by atoms with van der Waals surface area (Å²) in [7, 11) is 0. The van der Waals surface area contributed by atoms with Crippen LogP contribution in [0.15, 0.2) is 34.9 Å². The molecule has 1 N–H and O–H groups in total. The van der Waals surface area contributed by atoms with Crippen LogP contribution in [-0.4, -0.2) is 4.92 Å². The van der Waals surface area contributed by atoms with Gasteiger partial charge in [-0.05, 0) is 30.7 Å². The first-order valence-electron chi connectivity index (χ1n) is 5.57. The third kappa shape index (κ3) is 2.72. The zero-order chi connectivity index (χ0) is 13.8. The Labute approximate surface area is 109 Å². The van der Waals surface area contributed by atoms with Gasteiger partial charge in [0.25, 0.3) is 5.69 Å². The van der Waals surface area contributed by atoms with Crippen LogP contribution < -0.4 is 5.32 Å².